The van der Waals surface area contributed by atoms with Crippen molar-refractivity contribution in [3.63, 3.8) is 0 Å². The molecule has 3 heteroatoms. The van der Waals surface area contributed by atoms with Crippen molar-refractivity contribution in [2.75, 3.05) is 0 Å². The van der Waals surface area contributed by atoms with Crippen molar-refractivity contribution in [2.45, 2.75) is 47.0 Å². The number of aromatic nitrogens is 3. The van der Waals surface area contributed by atoms with Crippen LogP contribution < -0.4 is 0 Å². The Labute approximate surface area is 305 Å². The second kappa shape index (κ2) is 17.1. The van der Waals surface area contributed by atoms with Crippen LogP contribution in [0, 0.1) is 20.8 Å². The van der Waals surface area contributed by atoms with Crippen LogP contribution in [0.3, 0.4) is 0 Å². The van der Waals surface area contributed by atoms with E-state index in [9.17, 15) is 0 Å². The van der Waals surface area contributed by atoms with Crippen LogP contribution in [0.5, 0.6) is 0 Å². The Hall–Kier alpha value is -5.93. The molecule has 0 amide bonds. The van der Waals surface area contributed by atoms with Crippen LogP contribution in [0.2, 0.25) is 0 Å². The van der Waals surface area contributed by atoms with Crippen molar-refractivity contribution >= 4 is 22.8 Å². The number of pyridine rings is 3. The lowest BCUT2D eigenvalue weighted by Crippen LogP contribution is -2.21. The highest BCUT2D eigenvalue weighted by molar-refractivity contribution is 5.87. The van der Waals surface area contributed by atoms with Crippen LogP contribution in [0.25, 0.3) is 22.8 Å². The summed E-state index contributed by atoms with van der Waals surface area (Å²) in [4.78, 5) is 12.6. The van der Waals surface area contributed by atoms with Crippen LogP contribution in [-0.4, -0.2) is 15.0 Å². The Morgan fingerprint density at radius 2 is 1.18 bits per heavy atom. The van der Waals surface area contributed by atoms with Crippen LogP contribution in [0.15, 0.2) is 161 Å². The molecular formula is C48H49N3. The van der Waals surface area contributed by atoms with E-state index in [1.54, 1.807) is 30.9 Å². The van der Waals surface area contributed by atoms with Crippen LogP contribution in [-0.2, 0) is 5.41 Å². The largest absolute Gasteiger partial charge is 0.264 e. The molecule has 3 nitrogen and oxygen atoms in total. The summed E-state index contributed by atoms with van der Waals surface area (Å²) in [5.41, 5.74) is 15.8. The lowest BCUT2D eigenvalue weighted by molar-refractivity contribution is 0.639. The SMILES string of the molecule is C=C/C(=C\C=C/C)C(=C)c1cc(C(C)(C)c2cc(C(=C)c3cccnc3)c(C)c(C(=C)c3cccnc3)c2)cc(C)c1C.C=Cc1cccnc1. The monoisotopic (exact) mass is 667 g/mol. The number of rotatable bonds is 11. The number of aryl methyl sites for hydroxylation is 1. The van der Waals surface area contributed by atoms with Gasteiger partial charge in [0.1, 0.15) is 0 Å². The summed E-state index contributed by atoms with van der Waals surface area (Å²) in [6.07, 6.45) is 20.6. The zero-order valence-corrected chi connectivity index (χ0v) is 31.0. The smallest absolute Gasteiger partial charge is 0.0346 e. The first kappa shape index (κ1) is 37.9. The lowest BCUT2D eigenvalue weighted by Gasteiger charge is -2.31. The number of hydrogen-bond donors (Lipinski definition) is 0. The number of benzene rings is 2. The van der Waals surface area contributed by atoms with Gasteiger partial charge in [-0.3, -0.25) is 15.0 Å². The van der Waals surface area contributed by atoms with Gasteiger partial charge in [0.2, 0.25) is 0 Å². The Bertz CT molecular complexity index is 2040. The van der Waals surface area contributed by atoms with E-state index < -0.39 is 0 Å². The Balaban J connectivity index is 0.000000641. The van der Waals surface area contributed by atoms with Gasteiger partial charge in [-0.2, -0.15) is 0 Å². The van der Waals surface area contributed by atoms with Gasteiger partial charge < -0.3 is 0 Å². The molecule has 0 aliphatic heterocycles. The minimum atomic E-state index is -0.351. The normalized spacial score (nSPS) is 11.4. The fourth-order valence-electron chi connectivity index (χ4n) is 5.94. The van der Waals surface area contributed by atoms with Crippen molar-refractivity contribution in [3.05, 3.63) is 222 Å². The number of hydrogen-bond acceptors (Lipinski definition) is 3. The molecular weight excluding hydrogens is 619 g/mol. The molecule has 3 aromatic heterocycles. The highest BCUT2D eigenvalue weighted by atomic mass is 14.6. The quantitative estimate of drug-likeness (QED) is 0.132. The Kier molecular flexibility index (Phi) is 12.7. The molecule has 0 fully saturated rings. The van der Waals surface area contributed by atoms with Gasteiger partial charge >= 0.3 is 0 Å². The first-order valence-corrected chi connectivity index (χ1v) is 17.1. The minimum Gasteiger partial charge on any atom is -0.264 e. The molecule has 0 bridgehead atoms. The average Bonchev–Trinajstić information content (AvgIpc) is 3.16. The number of allylic oxidation sites excluding steroid dienone is 6. The van der Waals surface area contributed by atoms with Gasteiger partial charge in [0.05, 0.1) is 0 Å². The maximum Gasteiger partial charge on any atom is 0.0346 e. The predicted octanol–water partition coefficient (Wildman–Crippen LogP) is 12.3. The van der Waals surface area contributed by atoms with Gasteiger partial charge in [0, 0.05) is 53.7 Å². The summed E-state index contributed by atoms with van der Waals surface area (Å²) in [6, 6.07) is 21.0. The number of nitrogens with zero attached hydrogens (tertiary/aromatic N) is 3. The second-order valence-corrected chi connectivity index (χ2v) is 13.0. The molecule has 0 aliphatic carbocycles. The van der Waals surface area contributed by atoms with Crippen molar-refractivity contribution < 1.29 is 0 Å². The van der Waals surface area contributed by atoms with Crippen molar-refractivity contribution in [1.29, 1.82) is 0 Å². The van der Waals surface area contributed by atoms with Gasteiger partial charge in [-0.05, 0) is 136 Å². The third-order valence-corrected chi connectivity index (χ3v) is 9.47. The topological polar surface area (TPSA) is 38.7 Å². The molecule has 5 aromatic rings. The zero-order valence-electron chi connectivity index (χ0n) is 31.0. The predicted molar refractivity (Wildman–Crippen MR) is 220 cm³/mol. The fraction of sp³-hybridized carbons (Fsp3) is 0.146. The first-order valence-electron chi connectivity index (χ1n) is 17.1. The van der Waals surface area contributed by atoms with E-state index >= 15 is 0 Å². The molecule has 0 saturated carbocycles. The van der Waals surface area contributed by atoms with E-state index in [4.69, 9.17) is 0 Å². The van der Waals surface area contributed by atoms with Gasteiger partial charge in [0.15, 0.2) is 0 Å². The molecule has 256 valence electrons. The molecule has 0 radical (unpaired) electrons. The second-order valence-electron chi connectivity index (χ2n) is 13.0. The zero-order chi connectivity index (χ0) is 37.1. The molecule has 0 atom stereocenters. The van der Waals surface area contributed by atoms with E-state index in [0.29, 0.717) is 0 Å². The van der Waals surface area contributed by atoms with Gasteiger partial charge in [0.25, 0.3) is 0 Å². The van der Waals surface area contributed by atoms with E-state index in [1.807, 2.05) is 61.8 Å². The van der Waals surface area contributed by atoms with Gasteiger partial charge in [-0.1, -0.05) is 101 Å². The molecule has 0 spiro atoms. The molecule has 0 unspecified atom stereocenters. The Morgan fingerprint density at radius 3 is 1.61 bits per heavy atom. The van der Waals surface area contributed by atoms with Crippen molar-refractivity contribution in [2.24, 2.45) is 0 Å². The van der Waals surface area contributed by atoms with Crippen LogP contribution in [0.1, 0.15) is 82.0 Å². The lowest BCUT2D eigenvalue weighted by atomic mass is 9.73. The molecule has 5 rings (SSSR count). The van der Waals surface area contributed by atoms with Crippen LogP contribution in [0.4, 0.5) is 0 Å². The highest BCUT2D eigenvalue weighted by Gasteiger charge is 2.28. The van der Waals surface area contributed by atoms with E-state index in [1.165, 1.54) is 22.3 Å². The maximum absolute atomic E-state index is 4.53. The first-order chi connectivity index (χ1) is 24.4. The molecule has 2 aromatic carbocycles. The summed E-state index contributed by atoms with van der Waals surface area (Å²) >= 11 is 0. The van der Waals surface area contributed by atoms with Gasteiger partial charge in [-0.15, -0.1) is 0 Å². The molecule has 3 heterocycles. The Morgan fingerprint density at radius 1 is 0.667 bits per heavy atom. The standard InChI is InChI=1S/C41H42N2.C7H7N/c1-11-13-16-33(12-2)29(5)38-22-36(21-27(3)28(38)4)41(9,10)37-23-39(30(6)34-17-14-19-42-25-34)32(8)40(24-37)31(7)35-18-15-20-43-26-35;1-2-7-4-3-5-8-6-7/h11-26H,2,5-7H2,1,3-4,8-10H3;2-6H,1H2/b13-11-,33-16+;. The molecule has 0 N–H and O–H groups in total. The van der Waals surface area contributed by atoms with Crippen molar-refractivity contribution in [3.8, 4) is 0 Å². The third-order valence-electron chi connectivity index (χ3n) is 9.47. The van der Waals surface area contributed by atoms with Crippen LogP contribution >= 0.6 is 0 Å². The molecule has 51 heavy (non-hydrogen) atoms. The molecule has 0 saturated heterocycles. The maximum atomic E-state index is 4.53. The highest BCUT2D eigenvalue weighted by Crippen LogP contribution is 2.41. The van der Waals surface area contributed by atoms with Gasteiger partial charge in [-0.25, -0.2) is 0 Å². The fourth-order valence-corrected chi connectivity index (χ4v) is 5.94. The minimum absolute atomic E-state index is 0.351. The summed E-state index contributed by atoms with van der Waals surface area (Å²) in [5, 5.41) is 0. The average molecular weight is 668 g/mol. The third kappa shape index (κ3) is 8.81. The van der Waals surface area contributed by atoms with Crippen molar-refractivity contribution in [1.82, 2.24) is 15.0 Å². The summed E-state index contributed by atoms with van der Waals surface area (Å²) in [5.74, 6) is 0. The van der Waals surface area contributed by atoms with E-state index in [2.05, 4.69) is 125 Å². The summed E-state index contributed by atoms with van der Waals surface area (Å²) < 4.78 is 0. The molecule has 0 aliphatic rings. The summed E-state index contributed by atoms with van der Waals surface area (Å²) in [6.45, 7) is 34.3. The van der Waals surface area contributed by atoms with E-state index in [0.717, 1.165) is 61.2 Å². The summed E-state index contributed by atoms with van der Waals surface area (Å²) in [7, 11) is 0. The van der Waals surface area contributed by atoms with E-state index in [-0.39, 0.29) is 5.41 Å².